The third kappa shape index (κ3) is 3.49. The van der Waals surface area contributed by atoms with E-state index in [9.17, 15) is 9.59 Å². The summed E-state index contributed by atoms with van der Waals surface area (Å²) in [5, 5.41) is 6.28. The number of allylic oxidation sites excluding steroid dienone is 2. The van der Waals surface area contributed by atoms with Crippen LogP contribution in [0, 0.1) is 0 Å². The van der Waals surface area contributed by atoms with Gasteiger partial charge in [-0.3, -0.25) is 19.6 Å². The summed E-state index contributed by atoms with van der Waals surface area (Å²) in [5.41, 5.74) is 2.04. The first-order valence-corrected chi connectivity index (χ1v) is 7.35. The lowest BCUT2D eigenvalue weighted by Gasteiger charge is -2.15. The molecule has 1 aliphatic carbocycles. The van der Waals surface area contributed by atoms with Crippen molar-refractivity contribution in [2.75, 3.05) is 13.1 Å². The molecule has 6 heteroatoms. The number of carbonyl (C=O) groups is 2. The van der Waals surface area contributed by atoms with Crippen molar-refractivity contribution in [3.05, 3.63) is 71.4 Å². The lowest BCUT2D eigenvalue weighted by molar-refractivity contribution is 0.0975. The predicted molar refractivity (Wildman–Crippen MR) is 84.9 cm³/mol. The zero-order valence-corrected chi connectivity index (χ0v) is 12.5. The molecule has 2 aromatic rings. The van der Waals surface area contributed by atoms with E-state index in [1.165, 1.54) is 12.3 Å². The summed E-state index contributed by atoms with van der Waals surface area (Å²) in [6, 6.07) is 7.16. The molecular formula is C17H16N4O2. The minimum Gasteiger partial charge on any atom is -0.380 e. The minimum atomic E-state index is -0.243. The summed E-state index contributed by atoms with van der Waals surface area (Å²) in [6.45, 7) is 1.94. The molecule has 2 N–H and O–H groups in total. The normalized spacial score (nSPS) is 13.5. The van der Waals surface area contributed by atoms with Crippen LogP contribution < -0.4 is 10.6 Å². The van der Waals surface area contributed by atoms with E-state index in [-0.39, 0.29) is 17.3 Å². The molecule has 0 unspecified atom stereocenters. The Hall–Kier alpha value is -2.86. The minimum absolute atomic E-state index is 0.193. The van der Waals surface area contributed by atoms with Gasteiger partial charge in [0.1, 0.15) is 5.69 Å². The van der Waals surface area contributed by atoms with Crippen LogP contribution in [0.1, 0.15) is 26.4 Å². The second-order valence-corrected chi connectivity index (χ2v) is 5.11. The average Bonchev–Trinajstić information content (AvgIpc) is 2.60. The summed E-state index contributed by atoms with van der Waals surface area (Å²) < 4.78 is 0. The van der Waals surface area contributed by atoms with Gasteiger partial charge in [-0.05, 0) is 29.8 Å². The molecule has 0 amide bonds. The fourth-order valence-electron chi connectivity index (χ4n) is 2.35. The lowest BCUT2D eigenvalue weighted by Crippen LogP contribution is -2.32. The molecule has 0 saturated heterocycles. The Labute approximate surface area is 133 Å². The summed E-state index contributed by atoms with van der Waals surface area (Å²) >= 11 is 0. The van der Waals surface area contributed by atoms with E-state index in [1.54, 1.807) is 24.5 Å². The summed E-state index contributed by atoms with van der Waals surface area (Å²) in [7, 11) is 0. The van der Waals surface area contributed by atoms with Gasteiger partial charge in [0.2, 0.25) is 11.6 Å². The van der Waals surface area contributed by atoms with Gasteiger partial charge in [0, 0.05) is 44.3 Å². The molecule has 0 aromatic carbocycles. The number of fused-ring (bicyclic) bond motifs is 1. The van der Waals surface area contributed by atoms with E-state index in [0.29, 0.717) is 24.4 Å². The van der Waals surface area contributed by atoms with Crippen LogP contribution >= 0.6 is 0 Å². The van der Waals surface area contributed by atoms with Crippen molar-refractivity contribution in [3.8, 4) is 0 Å². The molecule has 0 atom stereocenters. The van der Waals surface area contributed by atoms with Crippen LogP contribution in [0.25, 0.3) is 0 Å². The van der Waals surface area contributed by atoms with Crippen molar-refractivity contribution in [1.29, 1.82) is 0 Å². The van der Waals surface area contributed by atoms with Gasteiger partial charge in [0.05, 0.1) is 11.3 Å². The van der Waals surface area contributed by atoms with Gasteiger partial charge in [0.15, 0.2) is 0 Å². The number of aromatic nitrogens is 2. The van der Waals surface area contributed by atoms with Crippen molar-refractivity contribution < 1.29 is 9.59 Å². The molecule has 23 heavy (non-hydrogen) atoms. The van der Waals surface area contributed by atoms with Crippen molar-refractivity contribution in [2.24, 2.45) is 0 Å². The molecule has 0 bridgehead atoms. The number of hydrogen-bond acceptors (Lipinski definition) is 6. The zero-order chi connectivity index (χ0) is 16.1. The second kappa shape index (κ2) is 6.93. The van der Waals surface area contributed by atoms with Crippen molar-refractivity contribution >= 4 is 11.6 Å². The maximum atomic E-state index is 12.3. The summed E-state index contributed by atoms with van der Waals surface area (Å²) in [4.78, 5) is 32.2. The average molecular weight is 308 g/mol. The molecular weight excluding hydrogens is 292 g/mol. The Kier molecular flexibility index (Phi) is 4.54. The smallest absolute Gasteiger partial charge is 0.211 e. The highest BCUT2D eigenvalue weighted by Crippen LogP contribution is 2.17. The van der Waals surface area contributed by atoms with Crippen molar-refractivity contribution in [3.63, 3.8) is 0 Å². The SMILES string of the molecule is O=C1C(NCCNCc2ccncc2)=CC(=O)c2ncccc21. The van der Waals surface area contributed by atoms with Crippen molar-refractivity contribution in [2.45, 2.75) is 6.54 Å². The van der Waals surface area contributed by atoms with Crippen LogP contribution in [-0.2, 0) is 6.54 Å². The fourth-order valence-corrected chi connectivity index (χ4v) is 2.35. The maximum absolute atomic E-state index is 12.3. The van der Waals surface area contributed by atoms with E-state index >= 15 is 0 Å². The van der Waals surface area contributed by atoms with Gasteiger partial charge in [0.25, 0.3) is 0 Å². The van der Waals surface area contributed by atoms with Gasteiger partial charge in [-0.15, -0.1) is 0 Å². The maximum Gasteiger partial charge on any atom is 0.211 e. The second-order valence-electron chi connectivity index (χ2n) is 5.11. The van der Waals surface area contributed by atoms with E-state index in [1.807, 2.05) is 12.1 Å². The molecule has 6 nitrogen and oxygen atoms in total. The third-order valence-electron chi connectivity index (χ3n) is 3.50. The molecule has 0 spiro atoms. The summed E-state index contributed by atoms with van der Waals surface area (Å²) in [6.07, 6.45) is 6.33. The van der Waals surface area contributed by atoms with Crippen LogP contribution in [0.2, 0.25) is 0 Å². The van der Waals surface area contributed by atoms with Gasteiger partial charge in [-0.25, -0.2) is 0 Å². The zero-order valence-electron chi connectivity index (χ0n) is 12.5. The summed E-state index contributed by atoms with van der Waals surface area (Å²) in [5.74, 6) is -0.436. The van der Waals surface area contributed by atoms with Crippen LogP contribution in [0.4, 0.5) is 0 Å². The first kappa shape index (κ1) is 15.1. The molecule has 1 aliphatic rings. The highest BCUT2D eigenvalue weighted by molar-refractivity contribution is 6.23. The molecule has 0 saturated carbocycles. The van der Waals surface area contributed by atoms with Crippen molar-refractivity contribution in [1.82, 2.24) is 20.6 Å². The standard InChI is InChI=1S/C17H16N4O2/c22-15-10-14(17(23)13-2-1-5-21-16(13)15)20-9-8-19-11-12-3-6-18-7-4-12/h1-7,10,19-20H,8-9,11H2. The predicted octanol–water partition coefficient (Wildman–Crippen LogP) is 1.12. The van der Waals surface area contributed by atoms with E-state index < -0.39 is 0 Å². The van der Waals surface area contributed by atoms with Gasteiger partial charge < -0.3 is 10.6 Å². The third-order valence-corrected chi connectivity index (χ3v) is 3.50. The number of nitrogens with zero attached hydrogens (tertiary/aromatic N) is 2. The van der Waals surface area contributed by atoms with E-state index in [0.717, 1.165) is 12.1 Å². The van der Waals surface area contributed by atoms with Crippen LogP contribution in [-0.4, -0.2) is 34.6 Å². The molecule has 0 aliphatic heterocycles. The largest absolute Gasteiger partial charge is 0.380 e. The molecule has 2 heterocycles. The highest BCUT2D eigenvalue weighted by atomic mass is 16.1. The first-order valence-electron chi connectivity index (χ1n) is 7.35. The number of pyridine rings is 2. The monoisotopic (exact) mass is 308 g/mol. The first-order chi connectivity index (χ1) is 11.3. The molecule has 116 valence electrons. The number of carbonyl (C=O) groups excluding carboxylic acids is 2. The van der Waals surface area contributed by atoms with Crippen LogP contribution in [0.5, 0.6) is 0 Å². The van der Waals surface area contributed by atoms with E-state index in [4.69, 9.17) is 0 Å². The topological polar surface area (TPSA) is 84.0 Å². The fraction of sp³-hybridized carbons (Fsp3) is 0.176. The molecule has 0 fully saturated rings. The van der Waals surface area contributed by atoms with Gasteiger partial charge in [-0.1, -0.05) is 0 Å². The number of Topliss-reactive ketones (excluding diaryl/α,β-unsaturated/α-hetero) is 1. The Balaban J connectivity index is 1.51. The Morgan fingerprint density at radius 2 is 1.83 bits per heavy atom. The Bertz CT molecular complexity index is 756. The Morgan fingerprint density at radius 1 is 1.00 bits per heavy atom. The number of rotatable bonds is 6. The van der Waals surface area contributed by atoms with Crippen LogP contribution in [0.15, 0.2) is 54.6 Å². The Morgan fingerprint density at radius 3 is 2.65 bits per heavy atom. The molecule has 2 aromatic heterocycles. The highest BCUT2D eigenvalue weighted by Gasteiger charge is 2.25. The molecule has 0 radical (unpaired) electrons. The van der Waals surface area contributed by atoms with Gasteiger partial charge >= 0.3 is 0 Å². The molecule has 3 rings (SSSR count). The number of hydrogen-bond donors (Lipinski definition) is 2. The number of nitrogens with one attached hydrogen (secondary N) is 2. The van der Waals surface area contributed by atoms with E-state index in [2.05, 4.69) is 20.6 Å². The van der Waals surface area contributed by atoms with Crippen LogP contribution in [0.3, 0.4) is 0 Å². The number of ketones is 2. The lowest BCUT2D eigenvalue weighted by atomic mass is 9.97. The van der Waals surface area contributed by atoms with Gasteiger partial charge in [-0.2, -0.15) is 0 Å². The quantitative estimate of drug-likeness (QED) is 0.778.